The highest BCUT2D eigenvalue weighted by molar-refractivity contribution is 5.99. The van der Waals surface area contributed by atoms with Crippen LogP contribution in [0.5, 0.6) is 0 Å². The highest BCUT2D eigenvalue weighted by Crippen LogP contribution is 2.39. The van der Waals surface area contributed by atoms with Crippen LogP contribution in [0.3, 0.4) is 0 Å². The molecule has 2 fully saturated rings. The van der Waals surface area contributed by atoms with Gasteiger partial charge in [-0.1, -0.05) is 6.92 Å². The summed E-state index contributed by atoms with van der Waals surface area (Å²) in [5.41, 5.74) is -0.325. The molecule has 1 aromatic rings. The Morgan fingerprint density at radius 2 is 1.92 bits per heavy atom. The van der Waals surface area contributed by atoms with Crippen LogP contribution < -0.4 is 0 Å². The molecule has 7 heteroatoms. The number of aromatic nitrogens is 2. The molecule has 7 nitrogen and oxygen atoms in total. The number of aliphatic hydroxyl groups is 1. The maximum atomic E-state index is 13.0. The van der Waals surface area contributed by atoms with Crippen LogP contribution >= 0.6 is 0 Å². The molecule has 2 aliphatic heterocycles. The summed E-state index contributed by atoms with van der Waals surface area (Å²) in [5, 5.41) is 9.18. The molecule has 1 N–H and O–H groups in total. The molecule has 1 aromatic heterocycles. The van der Waals surface area contributed by atoms with Gasteiger partial charge in [0.2, 0.25) is 5.91 Å². The van der Waals surface area contributed by atoms with E-state index in [1.165, 1.54) is 0 Å². The third-order valence-corrected chi connectivity index (χ3v) is 5.08. The summed E-state index contributed by atoms with van der Waals surface area (Å²) in [7, 11) is 0. The first-order valence-electron chi connectivity index (χ1n) is 8.65. The minimum absolute atomic E-state index is 0.0280. The molecule has 3 rings (SSSR count). The lowest BCUT2D eigenvalue weighted by Crippen LogP contribution is -2.61. The number of piperidine rings is 1. The first kappa shape index (κ1) is 16.8. The summed E-state index contributed by atoms with van der Waals surface area (Å²) in [6.45, 7) is 3.46. The van der Waals surface area contributed by atoms with Gasteiger partial charge in [-0.15, -0.1) is 0 Å². The predicted octanol–water partition coefficient (Wildman–Crippen LogP) is 0.628. The van der Waals surface area contributed by atoms with E-state index >= 15 is 0 Å². The molecule has 2 amide bonds. The molecule has 130 valence electrons. The Hall–Kier alpha value is -2.02. The van der Waals surface area contributed by atoms with E-state index in [1.807, 2.05) is 6.92 Å². The topological polar surface area (TPSA) is 86.6 Å². The minimum atomic E-state index is -0.756. The van der Waals surface area contributed by atoms with Crippen LogP contribution in [0.15, 0.2) is 12.4 Å². The van der Waals surface area contributed by atoms with Crippen LogP contribution in [-0.2, 0) is 11.2 Å². The van der Waals surface area contributed by atoms with E-state index in [4.69, 9.17) is 0 Å². The standard InChI is InChI=1S/C17H24N4O3/c1-2-14-18-11-13(12-19-14)15(23)21-8-4-6-17(21)5-3-7-20(9-10-22)16(17)24/h11-12,22H,2-10H2,1H3. The Bertz CT molecular complexity index is 617. The zero-order chi connectivity index (χ0) is 17.2. The van der Waals surface area contributed by atoms with Gasteiger partial charge in [0.05, 0.1) is 12.2 Å². The zero-order valence-electron chi connectivity index (χ0n) is 14.1. The zero-order valence-corrected chi connectivity index (χ0v) is 14.1. The van der Waals surface area contributed by atoms with Crippen molar-refractivity contribution in [1.29, 1.82) is 0 Å². The average molecular weight is 332 g/mol. The molecule has 2 saturated heterocycles. The normalized spacial score (nSPS) is 24.0. The summed E-state index contributed by atoms with van der Waals surface area (Å²) < 4.78 is 0. The summed E-state index contributed by atoms with van der Waals surface area (Å²) in [6, 6.07) is 0. The van der Waals surface area contributed by atoms with Crippen molar-refractivity contribution < 1.29 is 14.7 Å². The maximum Gasteiger partial charge on any atom is 0.257 e. The van der Waals surface area contributed by atoms with E-state index in [2.05, 4.69) is 9.97 Å². The van der Waals surface area contributed by atoms with Crippen LogP contribution in [0.1, 0.15) is 48.8 Å². The number of amides is 2. The lowest BCUT2D eigenvalue weighted by atomic mass is 9.85. The Labute approximate surface area is 141 Å². The lowest BCUT2D eigenvalue weighted by molar-refractivity contribution is -0.146. The summed E-state index contributed by atoms with van der Waals surface area (Å²) in [4.78, 5) is 37.7. The average Bonchev–Trinajstić information content (AvgIpc) is 3.03. The third kappa shape index (κ3) is 2.77. The first-order valence-corrected chi connectivity index (χ1v) is 8.65. The number of rotatable bonds is 4. The molecule has 0 bridgehead atoms. The Kier molecular flexibility index (Phi) is 4.80. The van der Waals surface area contributed by atoms with Crippen molar-refractivity contribution in [2.45, 2.75) is 44.6 Å². The molecule has 1 atom stereocenters. The van der Waals surface area contributed by atoms with Gasteiger partial charge < -0.3 is 14.9 Å². The van der Waals surface area contributed by atoms with Crippen molar-refractivity contribution in [3.63, 3.8) is 0 Å². The highest BCUT2D eigenvalue weighted by Gasteiger charge is 2.52. The second kappa shape index (κ2) is 6.84. The molecule has 0 aliphatic carbocycles. The van der Waals surface area contributed by atoms with Gasteiger partial charge in [0.15, 0.2) is 0 Å². The van der Waals surface area contributed by atoms with E-state index in [9.17, 15) is 14.7 Å². The highest BCUT2D eigenvalue weighted by atomic mass is 16.3. The number of aliphatic hydroxyl groups excluding tert-OH is 1. The summed E-state index contributed by atoms with van der Waals surface area (Å²) in [6.07, 6.45) is 6.87. The van der Waals surface area contributed by atoms with Crippen molar-refractivity contribution in [3.05, 3.63) is 23.8 Å². The van der Waals surface area contributed by atoms with Crippen molar-refractivity contribution in [2.24, 2.45) is 0 Å². The first-order chi connectivity index (χ1) is 11.6. The van der Waals surface area contributed by atoms with Crippen molar-refractivity contribution in [3.8, 4) is 0 Å². The Balaban J connectivity index is 1.86. The minimum Gasteiger partial charge on any atom is -0.395 e. The molecular formula is C17H24N4O3. The van der Waals surface area contributed by atoms with Crippen LogP contribution in [0.4, 0.5) is 0 Å². The number of carbonyl (C=O) groups excluding carboxylic acids is 2. The molecule has 2 aliphatic rings. The van der Waals surface area contributed by atoms with Gasteiger partial charge >= 0.3 is 0 Å². The molecule has 24 heavy (non-hydrogen) atoms. The smallest absolute Gasteiger partial charge is 0.257 e. The van der Waals surface area contributed by atoms with Crippen LogP contribution in [-0.4, -0.2) is 68.5 Å². The SMILES string of the molecule is CCc1ncc(C(=O)N2CCCC23CCCN(CCO)C3=O)cn1. The fraction of sp³-hybridized carbons (Fsp3) is 0.647. The number of hydrogen-bond donors (Lipinski definition) is 1. The summed E-state index contributed by atoms with van der Waals surface area (Å²) in [5.74, 6) is 0.500. The van der Waals surface area contributed by atoms with Crippen molar-refractivity contribution in [1.82, 2.24) is 19.8 Å². The van der Waals surface area contributed by atoms with Gasteiger partial charge in [0.25, 0.3) is 5.91 Å². The van der Waals surface area contributed by atoms with E-state index in [0.717, 1.165) is 19.3 Å². The molecule has 0 saturated carbocycles. The summed E-state index contributed by atoms with van der Waals surface area (Å²) >= 11 is 0. The van der Waals surface area contributed by atoms with E-state index in [-0.39, 0.29) is 18.4 Å². The number of hydrogen-bond acceptors (Lipinski definition) is 5. The van der Waals surface area contributed by atoms with Gasteiger partial charge in [0.1, 0.15) is 11.4 Å². The predicted molar refractivity (Wildman–Crippen MR) is 87.3 cm³/mol. The van der Waals surface area contributed by atoms with Crippen LogP contribution in [0.25, 0.3) is 0 Å². The number of carbonyl (C=O) groups is 2. The second-order valence-electron chi connectivity index (χ2n) is 6.45. The molecule has 1 spiro atoms. The molecule has 0 aromatic carbocycles. The molecular weight excluding hydrogens is 308 g/mol. The lowest BCUT2D eigenvalue weighted by Gasteiger charge is -2.44. The van der Waals surface area contributed by atoms with Gasteiger partial charge in [-0.05, 0) is 25.7 Å². The van der Waals surface area contributed by atoms with Crippen LogP contribution in [0, 0.1) is 0 Å². The van der Waals surface area contributed by atoms with Gasteiger partial charge in [-0.25, -0.2) is 9.97 Å². The molecule has 3 heterocycles. The number of likely N-dealkylation sites (tertiary alicyclic amines) is 2. The fourth-order valence-corrected chi connectivity index (χ4v) is 3.86. The maximum absolute atomic E-state index is 13.0. The fourth-order valence-electron chi connectivity index (χ4n) is 3.86. The number of β-amino-alcohol motifs (C(OH)–C–C–N with tert-alkyl or cyclic N) is 1. The monoisotopic (exact) mass is 332 g/mol. The van der Waals surface area contributed by atoms with Gasteiger partial charge in [-0.2, -0.15) is 0 Å². The number of nitrogens with zero attached hydrogens (tertiary/aromatic N) is 4. The van der Waals surface area contributed by atoms with E-state index in [0.29, 0.717) is 43.9 Å². The van der Waals surface area contributed by atoms with Crippen molar-refractivity contribution >= 4 is 11.8 Å². The third-order valence-electron chi connectivity index (χ3n) is 5.08. The second-order valence-corrected chi connectivity index (χ2v) is 6.45. The quantitative estimate of drug-likeness (QED) is 0.874. The van der Waals surface area contributed by atoms with Crippen LogP contribution in [0.2, 0.25) is 0 Å². The Morgan fingerprint density at radius 3 is 2.54 bits per heavy atom. The Morgan fingerprint density at radius 1 is 1.25 bits per heavy atom. The largest absolute Gasteiger partial charge is 0.395 e. The molecule has 0 radical (unpaired) electrons. The number of aryl methyl sites for hydroxylation is 1. The van der Waals surface area contributed by atoms with E-state index < -0.39 is 5.54 Å². The van der Waals surface area contributed by atoms with Gasteiger partial charge in [0, 0.05) is 38.4 Å². The molecule has 1 unspecified atom stereocenters. The van der Waals surface area contributed by atoms with Crippen molar-refractivity contribution in [2.75, 3.05) is 26.2 Å². The van der Waals surface area contributed by atoms with E-state index in [1.54, 1.807) is 22.2 Å². The van der Waals surface area contributed by atoms with Gasteiger partial charge in [-0.3, -0.25) is 9.59 Å².